The van der Waals surface area contributed by atoms with Crippen molar-refractivity contribution in [2.75, 3.05) is 55.3 Å². The van der Waals surface area contributed by atoms with Crippen LogP contribution in [-0.2, 0) is 22.3 Å². The maximum absolute atomic E-state index is 13.9. The molecule has 2 aromatic carbocycles. The van der Waals surface area contributed by atoms with Gasteiger partial charge in [-0.3, -0.25) is 14.4 Å². The summed E-state index contributed by atoms with van der Waals surface area (Å²) in [6.07, 6.45) is -2.18. The lowest BCUT2D eigenvalue weighted by Crippen LogP contribution is -2.50. The third kappa shape index (κ3) is 6.40. The van der Waals surface area contributed by atoms with Gasteiger partial charge >= 0.3 is 6.18 Å². The molecule has 0 saturated carbocycles. The number of fused-ring (bicyclic) bond motifs is 1. The molecule has 0 bridgehead atoms. The van der Waals surface area contributed by atoms with Gasteiger partial charge in [-0.25, -0.2) is 4.39 Å². The molecule has 47 heavy (non-hydrogen) atoms. The van der Waals surface area contributed by atoms with Crippen LogP contribution >= 0.6 is 0 Å². The second kappa shape index (κ2) is 12.5. The minimum absolute atomic E-state index is 0.0510. The number of anilines is 3. The fourth-order valence-corrected chi connectivity index (χ4v) is 5.67. The number of ether oxygens (including phenoxy) is 1. The van der Waals surface area contributed by atoms with Crippen molar-refractivity contribution in [3.63, 3.8) is 0 Å². The number of nitrogens with zero attached hydrogens (tertiary/aromatic N) is 6. The van der Waals surface area contributed by atoms with Gasteiger partial charge in [-0.2, -0.15) is 22.7 Å². The molecule has 2 aliphatic rings. The van der Waals surface area contributed by atoms with Gasteiger partial charge in [0.1, 0.15) is 18.0 Å². The molecule has 0 radical (unpaired) electrons. The van der Waals surface area contributed by atoms with E-state index in [0.29, 0.717) is 31.2 Å². The van der Waals surface area contributed by atoms with Crippen LogP contribution in [0.5, 0.6) is 0 Å². The summed E-state index contributed by atoms with van der Waals surface area (Å²) in [6.45, 7) is 3.03. The molecular formula is C31H30F4N8O4. The van der Waals surface area contributed by atoms with E-state index in [1.54, 1.807) is 11.8 Å². The second-order valence-electron chi connectivity index (χ2n) is 11.2. The van der Waals surface area contributed by atoms with Gasteiger partial charge in [0.2, 0.25) is 11.7 Å². The topological polar surface area (TPSA) is 140 Å². The Labute approximate surface area is 265 Å². The van der Waals surface area contributed by atoms with Crippen LogP contribution in [0.3, 0.4) is 0 Å². The summed E-state index contributed by atoms with van der Waals surface area (Å²) in [5, 5.41) is 7.09. The Morgan fingerprint density at radius 2 is 1.79 bits per heavy atom. The highest BCUT2D eigenvalue weighted by Crippen LogP contribution is 2.30. The van der Waals surface area contributed by atoms with E-state index in [9.17, 15) is 31.9 Å². The summed E-state index contributed by atoms with van der Waals surface area (Å²) < 4.78 is 60.9. The SMILES string of the molecule is Cc1c(N2CCN(C(=O)c3cc(F)ccc3N)CC2)c(=O)n2nc(C3=CCOCC3)nc2n1CC(=O)Nc1ccc(C(F)(F)F)cc1. The van der Waals surface area contributed by atoms with Gasteiger partial charge in [0, 0.05) is 43.2 Å². The number of alkyl halides is 3. The normalized spacial score (nSPS) is 15.6. The predicted octanol–water partition coefficient (Wildman–Crippen LogP) is 3.34. The quantitative estimate of drug-likeness (QED) is 0.239. The molecule has 0 aliphatic carbocycles. The molecule has 1 saturated heterocycles. The Kier molecular flexibility index (Phi) is 8.44. The Morgan fingerprint density at radius 3 is 2.45 bits per heavy atom. The lowest BCUT2D eigenvalue weighted by atomic mass is 10.1. The predicted molar refractivity (Wildman–Crippen MR) is 164 cm³/mol. The van der Waals surface area contributed by atoms with Crippen LogP contribution < -0.4 is 21.5 Å². The van der Waals surface area contributed by atoms with Gasteiger partial charge in [0.25, 0.3) is 11.5 Å². The van der Waals surface area contributed by atoms with Crippen LogP contribution in [0.1, 0.15) is 33.9 Å². The molecule has 2 aliphatic heterocycles. The summed E-state index contributed by atoms with van der Waals surface area (Å²) in [7, 11) is 0. The first-order valence-electron chi connectivity index (χ1n) is 14.7. The average Bonchev–Trinajstić information content (AvgIpc) is 3.51. The van der Waals surface area contributed by atoms with Crippen LogP contribution in [0.4, 0.5) is 34.6 Å². The molecule has 2 amide bonds. The Hall–Kier alpha value is -5.25. The fraction of sp³-hybridized carbons (Fsp3) is 0.323. The molecular weight excluding hydrogens is 624 g/mol. The van der Waals surface area contributed by atoms with E-state index in [1.807, 2.05) is 6.08 Å². The van der Waals surface area contributed by atoms with E-state index < -0.39 is 34.9 Å². The third-order valence-corrected chi connectivity index (χ3v) is 8.15. The number of amides is 2. The van der Waals surface area contributed by atoms with E-state index in [-0.39, 0.29) is 61.1 Å². The zero-order chi connectivity index (χ0) is 33.5. The molecule has 3 N–H and O–H groups in total. The monoisotopic (exact) mass is 654 g/mol. The van der Waals surface area contributed by atoms with E-state index in [2.05, 4.69) is 15.4 Å². The van der Waals surface area contributed by atoms with Gasteiger partial charge in [-0.15, -0.1) is 5.10 Å². The number of hydrogen-bond donors (Lipinski definition) is 2. The number of halogens is 4. The number of nitrogens with two attached hydrogens (primary N) is 1. The Morgan fingerprint density at radius 1 is 1.06 bits per heavy atom. The first kappa shape index (κ1) is 31.7. The zero-order valence-electron chi connectivity index (χ0n) is 25.2. The van der Waals surface area contributed by atoms with Crippen molar-refractivity contribution in [3.05, 3.63) is 87.4 Å². The number of rotatable bonds is 6. The van der Waals surface area contributed by atoms with Crippen molar-refractivity contribution in [2.24, 2.45) is 0 Å². The van der Waals surface area contributed by atoms with Crippen LogP contribution in [-0.4, -0.2) is 75.3 Å². The van der Waals surface area contributed by atoms with E-state index in [4.69, 9.17) is 10.5 Å². The molecule has 0 atom stereocenters. The first-order chi connectivity index (χ1) is 22.4. The summed E-state index contributed by atoms with van der Waals surface area (Å²) in [6, 6.07) is 7.65. The maximum Gasteiger partial charge on any atom is 0.416 e. The minimum atomic E-state index is -4.52. The lowest BCUT2D eigenvalue weighted by Gasteiger charge is -2.36. The summed E-state index contributed by atoms with van der Waals surface area (Å²) in [4.78, 5) is 48.2. The van der Waals surface area contributed by atoms with E-state index in [0.717, 1.165) is 40.4 Å². The molecule has 6 rings (SSSR count). The minimum Gasteiger partial charge on any atom is -0.398 e. The van der Waals surface area contributed by atoms with Crippen LogP contribution in [0, 0.1) is 12.7 Å². The second-order valence-corrected chi connectivity index (χ2v) is 11.2. The molecule has 0 spiro atoms. The molecule has 12 nitrogen and oxygen atoms in total. The molecule has 4 aromatic rings. The van der Waals surface area contributed by atoms with Gasteiger partial charge in [-0.05, 0) is 61.4 Å². The summed E-state index contributed by atoms with van der Waals surface area (Å²) in [5.41, 5.74) is 6.39. The van der Waals surface area contributed by atoms with Crippen molar-refractivity contribution >= 4 is 40.2 Å². The molecule has 4 heterocycles. The molecule has 0 unspecified atom stereocenters. The number of nitrogen functional groups attached to an aromatic ring is 1. The first-order valence-corrected chi connectivity index (χ1v) is 14.7. The number of carbonyl (C=O) groups excluding carboxylic acids is 2. The number of aromatic nitrogens is 4. The molecule has 16 heteroatoms. The average molecular weight is 655 g/mol. The van der Waals surface area contributed by atoms with Crippen molar-refractivity contribution in [3.8, 4) is 0 Å². The van der Waals surface area contributed by atoms with E-state index >= 15 is 0 Å². The number of nitrogens with one attached hydrogen (secondary N) is 1. The highest BCUT2D eigenvalue weighted by molar-refractivity contribution is 5.99. The van der Waals surface area contributed by atoms with Crippen LogP contribution in [0.2, 0.25) is 0 Å². The number of hydrogen-bond acceptors (Lipinski definition) is 8. The van der Waals surface area contributed by atoms with Gasteiger partial charge in [0.15, 0.2) is 5.82 Å². The molecule has 2 aromatic heterocycles. The number of piperazine rings is 1. The van der Waals surface area contributed by atoms with Crippen LogP contribution in [0.25, 0.3) is 11.4 Å². The maximum atomic E-state index is 13.9. The molecule has 246 valence electrons. The number of benzene rings is 2. The van der Waals surface area contributed by atoms with Crippen molar-refractivity contribution in [2.45, 2.75) is 26.1 Å². The summed E-state index contributed by atoms with van der Waals surface area (Å²) >= 11 is 0. The van der Waals surface area contributed by atoms with Gasteiger partial charge < -0.3 is 30.2 Å². The van der Waals surface area contributed by atoms with E-state index in [1.165, 1.54) is 21.6 Å². The third-order valence-electron chi connectivity index (χ3n) is 8.15. The fourth-order valence-electron chi connectivity index (χ4n) is 5.67. The molecule has 1 fully saturated rings. The van der Waals surface area contributed by atoms with Crippen molar-refractivity contribution in [1.29, 1.82) is 0 Å². The van der Waals surface area contributed by atoms with Crippen LogP contribution in [0.15, 0.2) is 53.3 Å². The van der Waals surface area contributed by atoms with Gasteiger partial charge in [-0.1, -0.05) is 6.08 Å². The standard InChI is InChI=1S/C31H30F4N8O4/c1-18-26(40-10-12-41(13-11-40)28(45)23-16-21(32)4-7-24(23)36)29(46)43-30(38-27(39-43)19-8-14-47-15-9-19)42(18)17-25(44)37-22-5-2-20(3-6-22)31(33,34)35/h2-8,16H,9-15,17,36H2,1H3,(H,37,44). The smallest absolute Gasteiger partial charge is 0.398 e. The number of carbonyl (C=O) groups is 2. The lowest BCUT2D eigenvalue weighted by molar-refractivity contribution is -0.137. The Bertz CT molecular complexity index is 1940. The summed E-state index contributed by atoms with van der Waals surface area (Å²) in [5.74, 6) is -1.17. The largest absolute Gasteiger partial charge is 0.416 e. The Balaban J connectivity index is 1.31. The van der Waals surface area contributed by atoms with Gasteiger partial charge in [0.05, 0.1) is 24.3 Å². The zero-order valence-corrected chi connectivity index (χ0v) is 25.2. The highest BCUT2D eigenvalue weighted by Gasteiger charge is 2.31. The highest BCUT2D eigenvalue weighted by atomic mass is 19.4. The van der Waals surface area contributed by atoms with Crippen molar-refractivity contribution in [1.82, 2.24) is 24.1 Å². The van der Waals surface area contributed by atoms with Crippen molar-refractivity contribution < 1.29 is 31.9 Å².